The Morgan fingerprint density at radius 1 is 1.42 bits per heavy atom. The largest absolute Gasteiger partial charge is 0.435 e. The molecule has 1 saturated heterocycles. The van der Waals surface area contributed by atoms with E-state index < -0.39 is 12.7 Å². The van der Waals surface area contributed by atoms with E-state index in [0.717, 1.165) is 5.56 Å². The Morgan fingerprint density at radius 3 is 2.67 bits per heavy atom. The molecule has 2 atom stereocenters. The van der Waals surface area contributed by atoms with Crippen molar-refractivity contribution in [2.24, 2.45) is 0 Å². The van der Waals surface area contributed by atoms with Crippen LogP contribution < -0.4 is 15.4 Å². The van der Waals surface area contributed by atoms with E-state index in [-0.39, 0.29) is 23.7 Å². The Bertz CT molecular complexity index is 580. The van der Waals surface area contributed by atoms with Crippen LogP contribution in [0.1, 0.15) is 31.9 Å². The van der Waals surface area contributed by atoms with Crippen LogP contribution >= 0.6 is 0 Å². The fourth-order valence-corrected chi connectivity index (χ4v) is 2.65. The van der Waals surface area contributed by atoms with Crippen molar-refractivity contribution in [2.45, 2.75) is 39.0 Å². The van der Waals surface area contributed by atoms with Crippen LogP contribution in [-0.2, 0) is 4.79 Å². The highest BCUT2D eigenvalue weighted by molar-refractivity contribution is 5.88. The van der Waals surface area contributed by atoms with Gasteiger partial charge in [0.05, 0.1) is 6.04 Å². The van der Waals surface area contributed by atoms with Crippen LogP contribution in [0.5, 0.6) is 5.75 Å². The summed E-state index contributed by atoms with van der Waals surface area (Å²) in [5, 5.41) is 5.57. The number of ether oxygens (including phenoxy) is 1. The van der Waals surface area contributed by atoms with E-state index in [0.29, 0.717) is 19.5 Å². The molecule has 1 aliphatic heterocycles. The molecule has 1 aromatic carbocycles. The Balaban J connectivity index is 1.99. The molecule has 0 saturated carbocycles. The fourth-order valence-electron chi connectivity index (χ4n) is 2.65. The maximum Gasteiger partial charge on any atom is 0.387 e. The van der Waals surface area contributed by atoms with Gasteiger partial charge in [-0.05, 0) is 31.0 Å². The van der Waals surface area contributed by atoms with Crippen molar-refractivity contribution in [3.8, 4) is 5.75 Å². The molecular formula is C16H21F2N3O3. The lowest BCUT2D eigenvalue weighted by Gasteiger charge is -2.35. The predicted molar refractivity (Wildman–Crippen MR) is 83.8 cm³/mol. The van der Waals surface area contributed by atoms with E-state index in [4.69, 9.17) is 0 Å². The van der Waals surface area contributed by atoms with Gasteiger partial charge in [0, 0.05) is 13.1 Å². The third kappa shape index (κ3) is 4.33. The second-order valence-electron chi connectivity index (χ2n) is 5.53. The van der Waals surface area contributed by atoms with Crippen LogP contribution in [0.25, 0.3) is 0 Å². The van der Waals surface area contributed by atoms with Crippen LogP contribution in [0.2, 0.25) is 0 Å². The Morgan fingerprint density at radius 2 is 2.08 bits per heavy atom. The first-order valence-electron chi connectivity index (χ1n) is 7.82. The van der Waals surface area contributed by atoms with Gasteiger partial charge in [-0.15, -0.1) is 0 Å². The molecule has 1 aliphatic rings. The highest BCUT2D eigenvalue weighted by Crippen LogP contribution is 2.20. The zero-order valence-corrected chi connectivity index (χ0v) is 13.6. The number of carbonyl (C=O) groups excluding carboxylic acids is 2. The zero-order valence-electron chi connectivity index (χ0n) is 13.6. The standard InChI is InChI=1S/C16H21F2N3O3/c1-3-13-14(22)19-8-9-21(13)16(23)20-10(2)11-4-6-12(7-5-11)24-15(17)18/h4-7,10,13,15H,3,8-9H2,1-2H3,(H,19,22)(H,20,23)/t10-,13+/m1/s1. The number of nitrogens with one attached hydrogen (secondary N) is 2. The molecule has 0 radical (unpaired) electrons. The monoisotopic (exact) mass is 341 g/mol. The predicted octanol–water partition coefficient (Wildman–Crippen LogP) is 2.27. The number of hydrogen-bond donors (Lipinski definition) is 2. The molecule has 2 N–H and O–H groups in total. The third-order valence-electron chi connectivity index (χ3n) is 3.92. The Hall–Kier alpha value is -2.38. The number of urea groups is 1. The average Bonchev–Trinajstić information content (AvgIpc) is 2.54. The molecule has 1 aromatic rings. The van der Waals surface area contributed by atoms with E-state index in [9.17, 15) is 18.4 Å². The lowest BCUT2D eigenvalue weighted by Crippen LogP contribution is -2.59. The topological polar surface area (TPSA) is 70.7 Å². The molecule has 1 heterocycles. The second-order valence-corrected chi connectivity index (χ2v) is 5.53. The van der Waals surface area contributed by atoms with Gasteiger partial charge in [-0.3, -0.25) is 4.79 Å². The Labute approximate surface area is 139 Å². The van der Waals surface area contributed by atoms with Gasteiger partial charge in [-0.25, -0.2) is 4.79 Å². The first-order valence-corrected chi connectivity index (χ1v) is 7.82. The molecule has 0 unspecified atom stereocenters. The molecule has 24 heavy (non-hydrogen) atoms. The molecule has 3 amide bonds. The molecule has 8 heteroatoms. The molecule has 1 fully saturated rings. The van der Waals surface area contributed by atoms with Gasteiger partial charge >= 0.3 is 12.6 Å². The first kappa shape index (κ1) is 18.0. The van der Waals surface area contributed by atoms with Crippen LogP contribution in [0.15, 0.2) is 24.3 Å². The number of halogens is 2. The summed E-state index contributed by atoms with van der Waals surface area (Å²) in [7, 11) is 0. The van der Waals surface area contributed by atoms with Crippen LogP contribution in [0.3, 0.4) is 0 Å². The van der Waals surface area contributed by atoms with Crippen molar-refractivity contribution >= 4 is 11.9 Å². The van der Waals surface area contributed by atoms with Gasteiger partial charge in [0.25, 0.3) is 0 Å². The normalized spacial score (nSPS) is 19.0. The summed E-state index contributed by atoms with van der Waals surface area (Å²) < 4.78 is 28.6. The lowest BCUT2D eigenvalue weighted by atomic mass is 10.1. The number of nitrogens with zero attached hydrogens (tertiary/aromatic N) is 1. The number of amides is 3. The van der Waals surface area contributed by atoms with Gasteiger partial charge in [0.15, 0.2) is 0 Å². The number of carbonyl (C=O) groups is 2. The molecule has 2 rings (SSSR count). The molecule has 0 spiro atoms. The Kier molecular flexibility index (Phi) is 5.94. The summed E-state index contributed by atoms with van der Waals surface area (Å²) >= 11 is 0. The summed E-state index contributed by atoms with van der Waals surface area (Å²) in [6.45, 7) is 1.64. The van der Waals surface area contributed by atoms with Crippen LogP contribution in [0.4, 0.5) is 13.6 Å². The first-order chi connectivity index (χ1) is 11.4. The molecule has 0 aromatic heterocycles. The number of piperazine rings is 1. The molecule has 6 nitrogen and oxygen atoms in total. The highest BCUT2D eigenvalue weighted by atomic mass is 19.3. The summed E-state index contributed by atoms with van der Waals surface area (Å²) in [6.07, 6.45) is 0.535. The maximum absolute atomic E-state index is 12.4. The van der Waals surface area contributed by atoms with Gasteiger partial charge in [0.2, 0.25) is 5.91 Å². The molecular weight excluding hydrogens is 320 g/mol. The van der Waals surface area contributed by atoms with Crippen molar-refractivity contribution in [3.05, 3.63) is 29.8 Å². The molecule has 0 bridgehead atoms. The van der Waals surface area contributed by atoms with E-state index in [1.165, 1.54) is 17.0 Å². The number of rotatable bonds is 5. The van der Waals surface area contributed by atoms with Gasteiger partial charge in [-0.2, -0.15) is 8.78 Å². The summed E-state index contributed by atoms with van der Waals surface area (Å²) in [6, 6.07) is 4.94. The van der Waals surface area contributed by atoms with E-state index >= 15 is 0 Å². The smallest absolute Gasteiger partial charge is 0.387 e. The fraction of sp³-hybridized carbons (Fsp3) is 0.500. The van der Waals surface area contributed by atoms with Gasteiger partial charge < -0.3 is 20.3 Å². The van der Waals surface area contributed by atoms with E-state index in [2.05, 4.69) is 15.4 Å². The third-order valence-corrected chi connectivity index (χ3v) is 3.92. The number of alkyl halides is 2. The highest BCUT2D eigenvalue weighted by Gasteiger charge is 2.32. The summed E-state index contributed by atoms with van der Waals surface area (Å²) in [5.41, 5.74) is 0.750. The quantitative estimate of drug-likeness (QED) is 0.863. The number of hydrogen-bond acceptors (Lipinski definition) is 3. The minimum Gasteiger partial charge on any atom is -0.435 e. The van der Waals surface area contributed by atoms with E-state index in [1.54, 1.807) is 19.1 Å². The van der Waals surface area contributed by atoms with Gasteiger partial charge in [0.1, 0.15) is 11.8 Å². The SMILES string of the molecule is CC[C@H]1C(=O)NCCN1C(=O)N[C@H](C)c1ccc(OC(F)F)cc1. The summed E-state index contributed by atoms with van der Waals surface area (Å²) in [5.74, 6) is -0.0916. The van der Waals surface area contributed by atoms with Gasteiger partial charge in [-0.1, -0.05) is 19.1 Å². The van der Waals surface area contributed by atoms with Crippen molar-refractivity contribution in [3.63, 3.8) is 0 Å². The summed E-state index contributed by atoms with van der Waals surface area (Å²) in [4.78, 5) is 25.8. The second kappa shape index (κ2) is 7.94. The zero-order chi connectivity index (χ0) is 17.7. The molecule has 0 aliphatic carbocycles. The van der Waals surface area contributed by atoms with E-state index in [1.807, 2.05) is 6.92 Å². The lowest BCUT2D eigenvalue weighted by molar-refractivity contribution is -0.127. The minimum atomic E-state index is -2.87. The van der Waals surface area contributed by atoms with Crippen LogP contribution in [-0.4, -0.2) is 42.6 Å². The molecule has 132 valence electrons. The van der Waals surface area contributed by atoms with Crippen LogP contribution in [0, 0.1) is 0 Å². The average molecular weight is 341 g/mol. The van der Waals surface area contributed by atoms with Crippen molar-refractivity contribution < 1.29 is 23.1 Å². The van der Waals surface area contributed by atoms with Crippen molar-refractivity contribution in [1.82, 2.24) is 15.5 Å². The minimum absolute atomic E-state index is 0.0611. The van der Waals surface area contributed by atoms with Crippen molar-refractivity contribution in [1.29, 1.82) is 0 Å². The maximum atomic E-state index is 12.4. The van der Waals surface area contributed by atoms with Crippen molar-refractivity contribution in [2.75, 3.05) is 13.1 Å². The number of benzene rings is 1.